The van der Waals surface area contributed by atoms with E-state index in [-0.39, 0.29) is 0 Å². The first-order valence-corrected chi connectivity index (χ1v) is 6.89. The highest BCUT2D eigenvalue weighted by atomic mass is 15.3. The summed E-state index contributed by atoms with van der Waals surface area (Å²) in [6.07, 6.45) is 10.2. The zero-order chi connectivity index (χ0) is 13.1. The van der Waals surface area contributed by atoms with Crippen LogP contribution in [-0.4, -0.2) is 25.8 Å². The van der Waals surface area contributed by atoms with Crippen molar-refractivity contribution in [3.63, 3.8) is 0 Å². The lowest BCUT2D eigenvalue weighted by atomic mass is 9.87. The second-order valence-corrected chi connectivity index (χ2v) is 5.35. The molecule has 1 aliphatic rings. The third-order valence-electron chi connectivity index (χ3n) is 3.79. The zero-order valence-corrected chi connectivity index (χ0v) is 11.2. The van der Waals surface area contributed by atoms with Gasteiger partial charge < -0.3 is 5.32 Å². The molecule has 0 spiro atoms. The van der Waals surface area contributed by atoms with E-state index >= 15 is 0 Å². The number of anilines is 1. The summed E-state index contributed by atoms with van der Waals surface area (Å²) >= 11 is 0. The Labute approximate surface area is 113 Å². The Morgan fingerprint density at radius 2 is 2.05 bits per heavy atom. The summed E-state index contributed by atoms with van der Waals surface area (Å²) in [5.74, 6) is 1.67. The number of hydrogen-bond acceptors (Lipinski definition) is 4. The number of rotatable bonds is 3. The SMILES string of the molecule is CC1CCC(Nc2ccc(-n3cncn3)nc2)CC1. The lowest BCUT2D eigenvalue weighted by Gasteiger charge is -2.27. The molecule has 5 heteroatoms. The molecule has 0 bridgehead atoms. The van der Waals surface area contributed by atoms with Crippen LogP contribution in [0.15, 0.2) is 31.0 Å². The van der Waals surface area contributed by atoms with Crippen molar-refractivity contribution in [2.75, 3.05) is 5.32 Å². The predicted octanol–water partition coefficient (Wildman–Crippen LogP) is 2.65. The Bertz CT molecular complexity index is 497. The van der Waals surface area contributed by atoms with Crippen molar-refractivity contribution in [1.82, 2.24) is 19.7 Å². The summed E-state index contributed by atoms with van der Waals surface area (Å²) in [4.78, 5) is 8.32. The highest BCUT2D eigenvalue weighted by molar-refractivity contribution is 5.44. The molecule has 1 aliphatic carbocycles. The zero-order valence-electron chi connectivity index (χ0n) is 11.2. The fourth-order valence-corrected chi connectivity index (χ4v) is 2.57. The lowest BCUT2D eigenvalue weighted by Crippen LogP contribution is -2.25. The van der Waals surface area contributed by atoms with Crippen molar-refractivity contribution >= 4 is 5.69 Å². The van der Waals surface area contributed by atoms with Gasteiger partial charge in [0.05, 0.1) is 11.9 Å². The van der Waals surface area contributed by atoms with Crippen LogP contribution in [0.2, 0.25) is 0 Å². The highest BCUT2D eigenvalue weighted by Crippen LogP contribution is 2.25. The molecule has 0 atom stereocenters. The number of hydrogen-bond donors (Lipinski definition) is 1. The monoisotopic (exact) mass is 257 g/mol. The van der Waals surface area contributed by atoms with Gasteiger partial charge in [0.15, 0.2) is 5.82 Å². The molecule has 100 valence electrons. The van der Waals surface area contributed by atoms with Gasteiger partial charge in [0.2, 0.25) is 0 Å². The van der Waals surface area contributed by atoms with E-state index in [0.717, 1.165) is 17.4 Å². The molecule has 1 saturated carbocycles. The number of nitrogens with zero attached hydrogens (tertiary/aromatic N) is 4. The molecule has 0 aliphatic heterocycles. The van der Waals surface area contributed by atoms with Crippen LogP contribution >= 0.6 is 0 Å². The molecule has 0 saturated heterocycles. The Kier molecular flexibility index (Phi) is 3.44. The Morgan fingerprint density at radius 3 is 2.68 bits per heavy atom. The van der Waals surface area contributed by atoms with E-state index < -0.39 is 0 Å². The fourth-order valence-electron chi connectivity index (χ4n) is 2.57. The fraction of sp³-hybridized carbons (Fsp3) is 0.500. The van der Waals surface area contributed by atoms with Gasteiger partial charge in [-0.1, -0.05) is 6.92 Å². The van der Waals surface area contributed by atoms with Crippen molar-refractivity contribution in [3.05, 3.63) is 31.0 Å². The van der Waals surface area contributed by atoms with E-state index in [9.17, 15) is 0 Å². The first-order chi connectivity index (χ1) is 9.31. The van der Waals surface area contributed by atoms with Gasteiger partial charge in [-0.15, -0.1) is 0 Å². The molecule has 2 aromatic rings. The van der Waals surface area contributed by atoms with Crippen LogP contribution in [0.25, 0.3) is 5.82 Å². The molecule has 1 fully saturated rings. The van der Waals surface area contributed by atoms with Crippen LogP contribution in [0.1, 0.15) is 32.6 Å². The van der Waals surface area contributed by atoms with E-state index in [1.165, 1.54) is 32.0 Å². The van der Waals surface area contributed by atoms with Crippen molar-refractivity contribution in [2.45, 2.75) is 38.6 Å². The Morgan fingerprint density at radius 1 is 1.21 bits per heavy atom. The van der Waals surface area contributed by atoms with Gasteiger partial charge in [-0.2, -0.15) is 5.10 Å². The normalized spacial score (nSPS) is 23.2. The maximum absolute atomic E-state index is 4.40. The Balaban J connectivity index is 1.63. The van der Waals surface area contributed by atoms with Gasteiger partial charge in [0, 0.05) is 6.04 Å². The molecule has 0 aromatic carbocycles. The van der Waals surface area contributed by atoms with E-state index in [1.807, 2.05) is 12.3 Å². The average Bonchev–Trinajstić information content (AvgIpc) is 2.96. The van der Waals surface area contributed by atoms with Crippen LogP contribution < -0.4 is 5.32 Å². The minimum atomic E-state index is 0.593. The second kappa shape index (κ2) is 5.38. The van der Waals surface area contributed by atoms with Gasteiger partial charge in [-0.3, -0.25) is 0 Å². The first-order valence-electron chi connectivity index (χ1n) is 6.89. The summed E-state index contributed by atoms with van der Waals surface area (Å²) in [5.41, 5.74) is 1.09. The predicted molar refractivity (Wildman–Crippen MR) is 74.2 cm³/mol. The van der Waals surface area contributed by atoms with E-state index in [2.05, 4.69) is 33.4 Å². The maximum Gasteiger partial charge on any atom is 0.155 e. The summed E-state index contributed by atoms with van der Waals surface area (Å²) in [6.45, 7) is 2.34. The smallest absolute Gasteiger partial charge is 0.155 e. The highest BCUT2D eigenvalue weighted by Gasteiger charge is 2.17. The van der Waals surface area contributed by atoms with E-state index in [1.54, 1.807) is 11.0 Å². The van der Waals surface area contributed by atoms with Crippen molar-refractivity contribution in [2.24, 2.45) is 5.92 Å². The molecular formula is C14H19N5. The molecule has 19 heavy (non-hydrogen) atoms. The third-order valence-corrected chi connectivity index (χ3v) is 3.79. The summed E-state index contributed by atoms with van der Waals surface area (Å²) in [5, 5.41) is 7.63. The number of nitrogens with one attached hydrogen (secondary N) is 1. The van der Waals surface area contributed by atoms with Crippen LogP contribution in [0, 0.1) is 5.92 Å². The van der Waals surface area contributed by atoms with Crippen LogP contribution in [-0.2, 0) is 0 Å². The number of aromatic nitrogens is 4. The lowest BCUT2D eigenvalue weighted by molar-refractivity contribution is 0.361. The largest absolute Gasteiger partial charge is 0.381 e. The standard InChI is InChI=1S/C14H19N5/c1-11-2-4-12(5-3-11)18-13-6-7-14(16-8-13)19-10-15-9-17-19/h6-12,18H,2-5H2,1H3. The first kappa shape index (κ1) is 12.1. The minimum absolute atomic E-state index is 0.593. The Hall–Kier alpha value is -1.91. The molecule has 5 nitrogen and oxygen atoms in total. The average molecular weight is 257 g/mol. The topological polar surface area (TPSA) is 55.6 Å². The molecule has 0 unspecified atom stereocenters. The minimum Gasteiger partial charge on any atom is -0.381 e. The van der Waals surface area contributed by atoms with Crippen molar-refractivity contribution < 1.29 is 0 Å². The molecule has 1 N–H and O–H groups in total. The third kappa shape index (κ3) is 2.92. The molecule has 0 radical (unpaired) electrons. The van der Waals surface area contributed by atoms with Gasteiger partial charge in [0.25, 0.3) is 0 Å². The molecule has 2 heterocycles. The number of pyridine rings is 1. The summed E-state index contributed by atoms with van der Waals surface area (Å²) in [6, 6.07) is 4.61. The van der Waals surface area contributed by atoms with Crippen LogP contribution in [0.3, 0.4) is 0 Å². The quantitative estimate of drug-likeness (QED) is 0.918. The molecule has 3 rings (SSSR count). The molecule has 0 amide bonds. The molecule has 2 aromatic heterocycles. The van der Waals surface area contributed by atoms with Gasteiger partial charge in [-0.25, -0.2) is 14.6 Å². The van der Waals surface area contributed by atoms with Gasteiger partial charge >= 0.3 is 0 Å². The maximum atomic E-state index is 4.40. The van der Waals surface area contributed by atoms with Gasteiger partial charge in [0.1, 0.15) is 12.7 Å². The van der Waals surface area contributed by atoms with E-state index in [0.29, 0.717) is 6.04 Å². The van der Waals surface area contributed by atoms with Gasteiger partial charge in [-0.05, 0) is 43.7 Å². The second-order valence-electron chi connectivity index (χ2n) is 5.35. The molecular weight excluding hydrogens is 238 g/mol. The van der Waals surface area contributed by atoms with Crippen LogP contribution in [0.4, 0.5) is 5.69 Å². The summed E-state index contributed by atoms with van der Waals surface area (Å²) in [7, 11) is 0. The van der Waals surface area contributed by atoms with E-state index in [4.69, 9.17) is 0 Å². The van der Waals surface area contributed by atoms with Crippen molar-refractivity contribution in [3.8, 4) is 5.82 Å². The van der Waals surface area contributed by atoms with Crippen LogP contribution in [0.5, 0.6) is 0 Å². The van der Waals surface area contributed by atoms with Crippen molar-refractivity contribution in [1.29, 1.82) is 0 Å². The summed E-state index contributed by atoms with van der Waals surface area (Å²) < 4.78 is 1.66.